The van der Waals surface area contributed by atoms with Crippen LogP contribution in [-0.4, -0.2) is 38.7 Å². The summed E-state index contributed by atoms with van der Waals surface area (Å²) in [4.78, 5) is 37.5. The average molecular weight is 412 g/mol. The summed E-state index contributed by atoms with van der Waals surface area (Å²) < 4.78 is 0.422. The Balaban J connectivity index is 1.57. The van der Waals surface area contributed by atoms with Gasteiger partial charge in [0.1, 0.15) is 4.32 Å². The molecule has 6 nitrogen and oxygen atoms in total. The number of anilines is 1. The molecule has 1 heterocycles. The van der Waals surface area contributed by atoms with Gasteiger partial charge in [0.15, 0.2) is 0 Å². The molecule has 0 saturated carbocycles. The van der Waals surface area contributed by atoms with E-state index in [1.165, 1.54) is 40.9 Å². The molecule has 142 valence electrons. The summed E-state index contributed by atoms with van der Waals surface area (Å²) in [5, 5.41) is 11.6. The molecule has 2 aromatic rings. The minimum atomic E-state index is -1.03. The number of nitrogens with one attached hydrogen (secondary N) is 1. The van der Waals surface area contributed by atoms with Gasteiger partial charge in [-0.15, -0.1) is 0 Å². The standard InChI is InChI=1S/C20H16N2O4S2/c23-17(21-15-8-6-14(7-9-15)19(25)26)10-11-22-18(24)16(28-20(22)27)12-13-4-2-1-3-5-13/h1-9,12H,10-11H2,(H,21,23)(H,25,26)/b16-12+. The molecule has 1 fully saturated rings. The number of carboxylic acids is 1. The molecule has 1 aliphatic heterocycles. The molecule has 0 radical (unpaired) electrons. The van der Waals surface area contributed by atoms with Gasteiger partial charge in [0, 0.05) is 18.7 Å². The van der Waals surface area contributed by atoms with Gasteiger partial charge in [-0.1, -0.05) is 54.3 Å². The number of thiocarbonyl (C=S) groups is 1. The van der Waals surface area contributed by atoms with Crippen molar-refractivity contribution in [3.8, 4) is 0 Å². The van der Waals surface area contributed by atoms with Gasteiger partial charge in [-0.2, -0.15) is 0 Å². The van der Waals surface area contributed by atoms with Crippen LogP contribution in [0.3, 0.4) is 0 Å². The van der Waals surface area contributed by atoms with E-state index in [2.05, 4.69) is 5.32 Å². The molecule has 0 bridgehead atoms. The van der Waals surface area contributed by atoms with E-state index in [1.54, 1.807) is 6.08 Å². The minimum absolute atomic E-state index is 0.0751. The fourth-order valence-corrected chi connectivity index (χ4v) is 3.83. The van der Waals surface area contributed by atoms with Gasteiger partial charge < -0.3 is 10.4 Å². The lowest BCUT2D eigenvalue weighted by Crippen LogP contribution is -2.31. The predicted molar refractivity (Wildman–Crippen MR) is 113 cm³/mol. The number of aromatic carboxylic acids is 1. The fourth-order valence-electron chi connectivity index (χ4n) is 2.53. The SMILES string of the molecule is O=C(CCN1C(=O)/C(=C\c2ccccc2)SC1=S)Nc1ccc(C(=O)O)cc1. The molecule has 0 aliphatic carbocycles. The molecule has 3 rings (SSSR count). The maximum Gasteiger partial charge on any atom is 0.335 e. The van der Waals surface area contributed by atoms with Crippen LogP contribution in [0.4, 0.5) is 5.69 Å². The van der Waals surface area contributed by atoms with Crippen LogP contribution in [-0.2, 0) is 9.59 Å². The molecule has 1 saturated heterocycles. The van der Waals surface area contributed by atoms with E-state index < -0.39 is 5.97 Å². The molecule has 2 N–H and O–H groups in total. The topological polar surface area (TPSA) is 86.7 Å². The Hall–Kier alpha value is -2.97. The molecular formula is C20H16N2O4S2. The van der Waals surface area contributed by atoms with Gasteiger partial charge in [0.2, 0.25) is 5.91 Å². The fraction of sp³-hybridized carbons (Fsp3) is 0.100. The second kappa shape index (κ2) is 8.81. The highest BCUT2D eigenvalue weighted by atomic mass is 32.2. The predicted octanol–water partition coefficient (Wildman–Crippen LogP) is 3.61. The van der Waals surface area contributed by atoms with E-state index >= 15 is 0 Å². The first-order valence-corrected chi connectivity index (χ1v) is 9.60. The second-order valence-corrected chi connectivity index (χ2v) is 7.60. The number of hydrogen-bond donors (Lipinski definition) is 2. The lowest BCUT2D eigenvalue weighted by molar-refractivity contribution is -0.122. The molecule has 0 atom stereocenters. The van der Waals surface area contributed by atoms with Gasteiger partial charge in [-0.3, -0.25) is 14.5 Å². The smallest absolute Gasteiger partial charge is 0.335 e. The van der Waals surface area contributed by atoms with Gasteiger partial charge in [0.25, 0.3) is 5.91 Å². The van der Waals surface area contributed by atoms with E-state index in [-0.39, 0.29) is 30.3 Å². The van der Waals surface area contributed by atoms with Crippen molar-refractivity contribution in [2.45, 2.75) is 6.42 Å². The number of hydrogen-bond acceptors (Lipinski definition) is 5. The molecule has 0 spiro atoms. The van der Waals surface area contributed by atoms with E-state index in [0.717, 1.165) is 5.56 Å². The number of nitrogens with zero attached hydrogens (tertiary/aromatic N) is 1. The highest BCUT2D eigenvalue weighted by Gasteiger charge is 2.32. The van der Waals surface area contributed by atoms with E-state index in [4.69, 9.17) is 17.3 Å². The van der Waals surface area contributed by atoms with Gasteiger partial charge >= 0.3 is 5.97 Å². The van der Waals surface area contributed by atoms with Gasteiger partial charge in [-0.05, 0) is 35.9 Å². The van der Waals surface area contributed by atoms with E-state index in [1.807, 2.05) is 30.3 Å². The zero-order valence-corrected chi connectivity index (χ0v) is 16.3. The summed E-state index contributed by atoms with van der Waals surface area (Å²) in [6.07, 6.45) is 1.86. The van der Waals surface area contributed by atoms with Crippen molar-refractivity contribution in [3.63, 3.8) is 0 Å². The van der Waals surface area contributed by atoms with Crippen molar-refractivity contribution in [1.82, 2.24) is 4.90 Å². The third kappa shape index (κ3) is 4.85. The first-order valence-electron chi connectivity index (χ1n) is 8.37. The van der Waals surface area contributed by atoms with Crippen LogP contribution < -0.4 is 5.32 Å². The molecule has 8 heteroatoms. The lowest BCUT2D eigenvalue weighted by atomic mass is 10.2. The molecule has 1 aliphatic rings. The maximum atomic E-state index is 12.6. The third-order valence-corrected chi connectivity index (χ3v) is 5.33. The Bertz CT molecular complexity index is 956. The minimum Gasteiger partial charge on any atom is -0.478 e. The Morgan fingerprint density at radius 3 is 2.43 bits per heavy atom. The number of benzene rings is 2. The van der Waals surface area contributed by atoms with E-state index in [9.17, 15) is 14.4 Å². The average Bonchev–Trinajstić information content (AvgIpc) is 2.94. The molecule has 28 heavy (non-hydrogen) atoms. The highest BCUT2D eigenvalue weighted by Crippen LogP contribution is 2.32. The monoisotopic (exact) mass is 412 g/mol. The molecule has 0 aromatic heterocycles. The summed E-state index contributed by atoms with van der Waals surface area (Å²) in [6, 6.07) is 15.3. The van der Waals surface area contributed by atoms with Crippen LogP contribution in [0.5, 0.6) is 0 Å². The normalized spacial score (nSPS) is 15.1. The number of carbonyl (C=O) groups is 3. The Morgan fingerprint density at radius 2 is 1.79 bits per heavy atom. The summed E-state index contributed by atoms with van der Waals surface area (Å²) >= 11 is 6.49. The number of rotatable bonds is 6. The van der Waals surface area contributed by atoms with Crippen molar-refractivity contribution >= 4 is 57.8 Å². The van der Waals surface area contributed by atoms with Crippen molar-refractivity contribution in [2.24, 2.45) is 0 Å². The summed E-state index contributed by atoms with van der Waals surface area (Å²) in [6.45, 7) is 0.176. The van der Waals surface area contributed by atoms with Crippen molar-refractivity contribution in [3.05, 3.63) is 70.6 Å². The van der Waals surface area contributed by atoms with Crippen LogP contribution in [0.25, 0.3) is 6.08 Å². The quantitative estimate of drug-likeness (QED) is 0.557. The van der Waals surface area contributed by atoms with Crippen molar-refractivity contribution in [1.29, 1.82) is 0 Å². The Morgan fingerprint density at radius 1 is 1.11 bits per heavy atom. The largest absolute Gasteiger partial charge is 0.478 e. The maximum absolute atomic E-state index is 12.6. The lowest BCUT2D eigenvalue weighted by Gasteiger charge is -2.14. The number of carboxylic acid groups (broad SMARTS) is 1. The summed E-state index contributed by atoms with van der Waals surface area (Å²) in [5.74, 6) is -1.53. The zero-order chi connectivity index (χ0) is 20.1. The molecule has 2 amide bonds. The molecular weight excluding hydrogens is 396 g/mol. The molecule has 0 unspecified atom stereocenters. The summed E-state index contributed by atoms with van der Waals surface area (Å²) in [5.41, 5.74) is 1.54. The van der Waals surface area contributed by atoms with Crippen molar-refractivity contribution in [2.75, 3.05) is 11.9 Å². The van der Waals surface area contributed by atoms with Gasteiger partial charge in [-0.25, -0.2) is 4.79 Å². The zero-order valence-electron chi connectivity index (χ0n) is 14.6. The summed E-state index contributed by atoms with van der Waals surface area (Å²) in [7, 11) is 0. The van der Waals surface area contributed by atoms with Crippen LogP contribution in [0, 0.1) is 0 Å². The Kier molecular flexibility index (Phi) is 6.23. The van der Waals surface area contributed by atoms with Crippen LogP contribution >= 0.6 is 24.0 Å². The van der Waals surface area contributed by atoms with Crippen LogP contribution in [0.2, 0.25) is 0 Å². The van der Waals surface area contributed by atoms with Crippen molar-refractivity contribution < 1.29 is 19.5 Å². The molecule has 2 aromatic carbocycles. The number of amides is 2. The third-order valence-electron chi connectivity index (χ3n) is 3.95. The van der Waals surface area contributed by atoms with Crippen LogP contribution in [0.1, 0.15) is 22.3 Å². The van der Waals surface area contributed by atoms with E-state index in [0.29, 0.717) is 14.9 Å². The number of thioether (sulfide) groups is 1. The highest BCUT2D eigenvalue weighted by molar-refractivity contribution is 8.26. The Labute approximate surface area is 171 Å². The second-order valence-electron chi connectivity index (χ2n) is 5.92. The number of carbonyl (C=O) groups excluding carboxylic acids is 2. The van der Waals surface area contributed by atoms with Gasteiger partial charge in [0.05, 0.1) is 10.5 Å². The van der Waals surface area contributed by atoms with Crippen LogP contribution in [0.15, 0.2) is 59.5 Å². The first kappa shape index (κ1) is 19.8. The first-order chi connectivity index (χ1) is 13.4.